The number of allylic oxidation sites excluding steroid dienone is 10. The van der Waals surface area contributed by atoms with Gasteiger partial charge in [-0.15, -0.1) is 0 Å². The van der Waals surface area contributed by atoms with Crippen LogP contribution in [0.3, 0.4) is 0 Å². The molecule has 0 unspecified atom stereocenters. The van der Waals surface area contributed by atoms with Crippen LogP contribution in [0.4, 0.5) is 4.39 Å². The number of rotatable bonds is 3. The summed E-state index contributed by atoms with van der Waals surface area (Å²) in [6.45, 7) is 4.00. The lowest BCUT2D eigenvalue weighted by Crippen LogP contribution is -2.32. The van der Waals surface area contributed by atoms with Crippen molar-refractivity contribution in [3.8, 4) is 0 Å². The van der Waals surface area contributed by atoms with E-state index in [0.29, 0.717) is 0 Å². The summed E-state index contributed by atoms with van der Waals surface area (Å²) in [5.41, 5.74) is 1.77. The lowest BCUT2D eigenvalue weighted by molar-refractivity contribution is 0.0946. The molecule has 0 aromatic heterocycles. The highest BCUT2D eigenvalue weighted by Gasteiger charge is 2.15. The van der Waals surface area contributed by atoms with E-state index >= 15 is 0 Å². The van der Waals surface area contributed by atoms with Crippen LogP contribution >= 0.6 is 0 Å². The average Bonchev–Trinajstić information content (AvgIpc) is 3.08. The van der Waals surface area contributed by atoms with Crippen molar-refractivity contribution >= 4 is 11.5 Å². The van der Waals surface area contributed by atoms with Crippen LogP contribution < -0.4 is 5.32 Å². The van der Waals surface area contributed by atoms with Gasteiger partial charge < -0.3 is 5.32 Å². The van der Waals surface area contributed by atoms with E-state index in [9.17, 15) is 9.18 Å². The molecule has 0 atom stereocenters. The molecule has 2 nitrogen and oxygen atoms in total. The number of hydrogen-bond donors (Lipinski definition) is 1. The second-order valence-corrected chi connectivity index (χ2v) is 5.53. The maximum Gasteiger partial charge on any atom is 0.254 e. The minimum atomic E-state index is -0.517. The van der Waals surface area contributed by atoms with Crippen molar-refractivity contribution in [1.29, 1.82) is 0 Å². The van der Waals surface area contributed by atoms with Crippen molar-refractivity contribution in [3.63, 3.8) is 0 Å². The van der Waals surface area contributed by atoms with E-state index in [0.717, 1.165) is 17.6 Å². The first-order valence-electron chi connectivity index (χ1n) is 8.90. The van der Waals surface area contributed by atoms with Gasteiger partial charge in [-0.1, -0.05) is 86.8 Å². The second-order valence-electron chi connectivity index (χ2n) is 5.53. The number of carbonyl (C=O) groups is 1. The van der Waals surface area contributed by atoms with Crippen LogP contribution in [0.15, 0.2) is 85.0 Å². The number of amides is 1. The molecule has 2 aliphatic rings. The Morgan fingerprint density at radius 2 is 1.77 bits per heavy atom. The molecule has 2 aliphatic carbocycles. The smallest absolute Gasteiger partial charge is 0.254 e. The van der Waals surface area contributed by atoms with E-state index in [1.54, 1.807) is 6.07 Å². The Morgan fingerprint density at radius 1 is 1.04 bits per heavy atom. The number of nitrogens with one attached hydrogen (secondary N) is 1. The summed E-state index contributed by atoms with van der Waals surface area (Å²) in [4.78, 5) is 12.3. The zero-order valence-electron chi connectivity index (χ0n) is 15.2. The van der Waals surface area contributed by atoms with Crippen LogP contribution in [0.5, 0.6) is 0 Å². The van der Waals surface area contributed by atoms with Gasteiger partial charge in [-0.2, -0.15) is 0 Å². The van der Waals surface area contributed by atoms with Gasteiger partial charge in [0.05, 0.1) is 11.6 Å². The fourth-order valence-corrected chi connectivity index (χ4v) is 2.56. The number of carbonyl (C=O) groups excluding carboxylic acids is 1. The Labute approximate surface area is 154 Å². The van der Waals surface area contributed by atoms with Crippen LogP contribution in [0.1, 0.15) is 36.2 Å². The second kappa shape index (κ2) is 10.1. The fourth-order valence-electron chi connectivity index (χ4n) is 2.56. The van der Waals surface area contributed by atoms with Gasteiger partial charge in [-0.25, -0.2) is 4.39 Å². The molecule has 26 heavy (non-hydrogen) atoms. The first kappa shape index (κ1) is 19.4. The third-order valence-electron chi connectivity index (χ3n) is 3.81. The quantitative estimate of drug-likeness (QED) is 0.763. The molecular formula is C23H24FNO. The van der Waals surface area contributed by atoms with Gasteiger partial charge in [0.1, 0.15) is 5.82 Å². The monoisotopic (exact) mass is 349 g/mol. The van der Waals surface area contributed by atoms with Gasteiger partial charge in [-0.05, 0) is 29.7 Å². The van der Waals surface area contributed by atoms with E-state index in [1.165, 1.54) is 12.1 Å². The highest BCUT2D eigenvalue weighted by molar-refractivity contribution is 5.95. The van der Waals surface area contributed by atoms with Gasteiger partial charge in [-0.3, -0.25) is 4.79 Å². The predicted octanol–water partition coefficient (Wildman–Crippen LogP) is 5.53. The summed E-state index contributed by atoms with van der Waals surface area (Å²) in [5, 5.41) is 2.79. The molecule has 0 aliphatic heterocycles. The maximum atomic E-state index is 14.4. The van der Waals surface area contributed by atoms with Gasteiger partial charge in [0.2, 0.25) is 0 Å². The van der Waals surface area contributed by atoms with Gasteiger partial charge in [0, 0.05) is 0 Å². The van der Waals surface area contributed by atoms with Gasteiger partial charge >= 0.3 is 0 Å². The van der Waals surface area contributed by atoms with Gasteiger partial charge in [0.25, 0.3) is 5.91 Å². The van der Waals surface area contributed by atoms with Crippen molar-refractivity contribution in [3.05, 3.63) is 102 Å². The van der Waals surface area contributed by atoms with E-state index in [4.69, 9.17) is 0 Å². The van der Waals surface area contributed by atoms with Gasteiger partial charge in [0.15, 0.2) is 0 Å². The van der Waals surface area contributed by atoms with Crippen molar-refractivity contribution in [2.24, 2.45) is 0 Å². The topological polar surface area (TPSA) is 29.1 Å². The van der Waals surface area contributed by atoms with E-state index in [-0.39, 0.29) is 11.6 Å². The molecule has 0 heterocycles. The Kier molecular flexibility index (Phi) is 7.56. The molecule has 0 spiro atoms. The Morgan fingerprint density at radius 3 is 2.46 bits per heavy atom. The summed E-state index contributed by atoms with van der Waals surface area (Å²) < 4.78 is 14.4. The normalized spacial score (nSPS) is 15.6. The van der Waals surface area contributed by atoms with E-state index < -0.39 is 11.7 Å². The largest absolute Gasteiger partial charge is 0.342 e. The number of halogens is 1. The van der Waals surface area contributed by atoms with Crippen LogP contribution in [0.2, 0.25) is 0 Å². The van der Waals surface area contributed by atoms with Crippen LogP contribution in [0.25, 0.3) is 5.57 Å². The Hall–Kier alpha value is -2.94. The standard InChI is InChI=1S/C21H18FNO.C2H6/c22-20-15-17(16-9-5-1-2-6-10-16)13-14-19(20)21(24)23-18-11-7-3-4-8-12-18;1-2/h1-5,7-15,18H,6H2,(H,23,24);1-2H3. The third kappa shape index (κ3) is 5.28. The minimum absolute atomic E-state index is 0.0501. The van der Waals surface area contributed by atoms with E-state index in [1.807, 2.05) is 80.7 Å². The lowest BCUT2D eigenvalue weighted by atomic mass is 10.0. The molecule has 1 N–H and O–H groups in total. The highest BCUT2D eigenvalue weighted by atomic mass is 19.1. The number of hydrogen-bond acceptors (Lipinski definition) is 1. The molecule has 0 bridgehead atoms. The maximum absolute atomic E-state index is 14.4. The van der Waals surface area contributed by atoms with Crippen molar-refractivity contribution in [1.82, 2.24) is 5.32 Å². The summed E-state index contributed by atoms with van der Waals surface area (Å²) in [6, 6.07) is 4.48. The molecule has 3 rings (SSSR count). The number of benzene rings is 1. The fraction of sp³-hybridized carbons (Fsp3) is 0.174. The van der Waals surface area contributed by atoms with Crippen molar-refractivity contribution < 1.29 is 9.18 Å². The summed E-state index contributed by atoms with van der Waals surface area (Å²) in [7, 11) is 0. The molecule has 3 heteroatoms. The summed E-state index contributed by atoms with van der Waals surface area (Å²) in [5.74, 6) is -0.941. The zero-order valence-corrected chi connectivity index (χ0v) is 15.2. The molecule has 1 aromatic rings. The third-order valence-corrected chi connectivity index (χ3v) is 3.81. The molecule has 0 fully saturated rings. The molecule has 0 saturated carbocycles. The van der Waals surface area contributed by atoms with Crippen LogP contribution in [0, 0.1) is 5.82 Å². The highest BCUT2D eigenvalue weighted by Crippen LogP contribution is 2.21. The van der Waals surface area contributed by atoms with Crippen LogP contribution in [-0.2, 0) is 0 Å². The van der Waals surface area contributed by atoms with Crippen molar-refractivity contribution in [2.75, 3.05) is 0 Å². The Balaban J connectivity index is 0.00000117. The first-order valence-corrected chi connectivity index (χ1v) is 8.90. The SMILES string of the molecule is CC.O=C(NC1C=CC=CC=C1)c1ccc(C2=CCC=CC=C2)cc1F. The Bertz CT molecular complexity index is 793. The van der Waals surface area contributed by atoms with Crippen molar-refractivity contribution in [2.45, 2.75) is 26.3 Å². The lowest BCUT2D eigenvalue weighted by Gasteiger charge is -2.12. The van der Waals surface area contributed by atoms with E-state index in [2.05, 4.69) is 5.32 Å². The molecule has 0 radical (unpaired) electrons. The predicted molar refractivity (Wildman–Crippen MR) is 107 cm³/mol. The van der Waals surface area contributed by atoms with Crippen LogP contribution in [-0.4, -0.2) is 11.9 Å². The minimum Gasteiger partial charge on any atom is -0.342 e. The molecule has 1 aromatic carbocycles. The zero-order chi connectivity index (χ0) is 18.8. The molecule has 1 amide bonds. The summed E-state index contributed by atoms with van der Waals surface area (Å²) in [6.07, 6.45) is 21.8. The molecule has 0 saturated heterocycles. The summed E-state index contributed by atoms with van der Waals surface area (Å²) >= 11 is 0. The molecular weight excluding hydrogens is 325 g/mol. The average molecular weight is 349 g/mol. The first-order chi connectivity index (χ1) is 12.7. The molecule has 134 valence electrons.